The van der Waals surface area contributed by atoms with Gasteiger partial charge in [-0.1, -0.05) is 27.5 Å². The minimum Gasteiger partial charge on any atom is -0.131 e. The number of hydrogen-bond acceptors (Lipinski definition) is 4. The van der Waals surface area contributed by atoms with Gasteiger partial charge in [0.1, 0.15) is 0 Å². The molecule has 15 heavy (non-hydrogen) atoms. The van der Waals surface area contributed by atoms with Gasteiger partial charge in [0.15, 0.2) is 5.82 Å². The molecule has 0 aliphatic carbocycles. The lowest BCUT2D eigenvalue weighted by Crippen LogP contribution is -1.98. The predicted molar refractivity (Wildman–Crippen MR) is 60.5 cm³/mol. The van der Waals surface area contributed by atoms with E-state index in [4.69, 9.17) is 11.6 Å². The molecule has 0 saturated heterocycles. The third-order valence-electron chi connectivity index (χ3n) is 1.75. The van der Waals surface area contributed by atoms with Crippen LogP contribution in [0.1, 0.15) is 5.82 Å². The number of aryl methyl sites for hydroxylation is 1. The maximum absolute atomic E-state index is 5.88. The van der Waals surface area contributed by atoms with Crippen molar-refractivity contribution in [2.24, 2.45) is 0 Å². The molecule has 0 amide bonds. The molecular weight excluding hydrogens is 279 g/mol. The first-order valence-electron chi connectivity index (χ1n) is 4.16. The molecule has 0 saturated carbocycles. The van der Waals surface area contributed by atoms with Crippen LogP contribution in [-0.4, -0.2) is 20.4 Å². The van der Waals surface area contributed by atoms with Crippen LogP contribution in [0, 0.1) is 6.92 Å². The molecule has 6 heteroatoms. The summed E-state index contributed by atoms with van der Waals surface area (Å²) in [6.45, 7) is 1.73. The summed E-state index contributed by atoms with van der Waals surface area (Å²) in [6, 6.07) is 5.38. The van der Waals surface area contributed by atoms with Crippen molar-refractivity contribution in [3.8, 4) is 11.4 Å². The zero-order valence-corrected chi connectivity index (χ0v) is 10.1. The summed E-state index contributed by atoms with van der Waals surface area (Å²) in [7, 11) is 0. The highest BCUT2D eigenvalue weighted by molar-refractivity contribution is 9.10. The van der Waals surface area contributed by atoms with Crippen LogP contribution in [0.2, 0.25) is 5.02 Å². The molecule has 0 fully saturated rings. The number of hydrogen-bond donors (Lipinski definition) is 0. The van der Waals surface area contributed by atoms with Crippen LogP contribution < -0.4 is 0 Å². The highest BCUT2D eigenvalue weighted by Crippen LogP contribution is 2.27. The number of benzene rings is 1. The molecule has 2 rings (SSSR count). The highest BCUT2D eigenvalue weighted by Gasteiger charge is 2.07. The van der Waals surface area contributed by atoms with Crippen molar-refractivity contribution < 1.29 is 0 Å². The van der Waals surface area contributed by atoms with Gasteiger partial charge in [0.2, 0.25) is 5.82 Å². The van der Waals surface area contributed by atoms with E-state index < -0.39 is 0 Å². The minimum absolute atomic E-state index is 0.454. The zero-order chi connectivity index (χ0) is 10.8. The predicted octanol–water partition coefficient (Wildman–Crippen LogP) is 2.66. The normalized spacial score (nSPS) is 10.3. The maximum atomic E-state index is 5.88. The molecule has 0 atom stereocenters. The van der Waals surface area contributed by atoms with Gasteiger partial charge in [-0.25, -0.2) is 0 Å². The van der Waals surface area contributed by atoms with Gasteiger partial charge in [-0.15, -0.1) is 20.4 Å². The van der Waals surface area contributed by atoms with Crippen molar-refractivity contribution in [3.63, 3.8) is 0 Å². The second kappa shape index (κ2) is 4.20. The first kappa shape index (κ1) is 10.4. The Morgan fingerprint density at radius 1 is 1.13 bits per heavy atom. The van der Waals surface area contributed by atoms with Crippen LogP contribution in [-0.2, 0) is 0 Å². The number of aromatic nitrogens is 4. The molecule has 0 aliphatic rings. The summed E-state index contributed by atoms with van der Waals surface area (Å²) < 4.78 is 0.861. The van der Waals surface area contributed by atoms with Crippen molar-refractivity contribution >= 4 is 27.5 Å². The summed E-state index contributed by atoms with van der Waals surface area (Å²) in [5.74, 6) is 0.992. The SMILES string of the molecule is Cc1nnc(-c2cc(Cl)ccc2Br)nn1. The summed E-state index contributed by atoms with van der Waals surface area (Å²) in [5, 5.41) is 16.2. The van der Waals surface area contributed by atoms with E-state index in [-0.39, 0.29) is 0 Å². The smallest absolute Gasteiger partial charge is 0.131 e. The first-order chi connectivity index (χ1) is 7.16. The largest absolute Gasteiger partial charge is 0.204 e. The third kappa shape index (κ3) is 2.30. The van der Waals surface area contributed by atoms with E-state index in [9.17, 15) is 0 Å². The number of nitrogens with zero attached hydrogens (tertiary/aromatic N) is 4. The van der Waals surface area contributed by atoms with Gasteiger partial charge in [-0.05, 0) is 25.1 Å². The van der Waals surface area contributed by atoms with Crippen LogP contribution in [0.15, 0.2) is 22.7 Å². The van der Waals surface area contributed by atoms with Gasteiger partial charge in [0.25, 0.3) is 0 Å². The summed E-state index contributed by atoms with van der Waals surface area (Å²) in [5.41, 5.74) is 0.780. The summed E-state index contributed by atoms with van der Waals surface area (Å²) in [6.07, 6.45) is 0. The fraction of sp³-hybridized carbons (Fsp3) is 0.111. The van der Waals surface area contributed by atoms with Crippen molar-refractivity contribution in [3.05, 3.63) is 33.5 Å². The Kier molecular flexibility index (Phi) is 2.93. The molecule has 1 aromatic carbocycles. The van der Waals surface area contributed by atoms with E-state index in [0.717, 1.165) is 10.0 Å². The Balaban J connectivity index is 2.53. The topological polar surface area (TPSA) is 51.6 Å². The molecule has 1 heterocycles. The van der Waals surface area contributed by atoms with E-state index in [0.29, 0.717) is 16.7 Å². The number of halogens is 2. The monoisotopic (exact) mass is 284 g/mol. The Labute approximate surface area is 99.8 Å². The molecule has 76 valence electrons. The Morgan fingerprint density at radius 2 is 1.80 bits per heavy atom. The van der Waals surface area contributed by atoms with Crippen LogP contribution in [0.25, 0.3) is 11.4 Å². The fourth-order valence-corrected chi connectivity index (χ4v) is 1.65. The van der Waals surface area contributed by atoms with E-state index in [1.807, 2.05) is 6.07 Å². The molecule has 0 aliphatic heterocycles. The summed E-state index contributed by atoms with van der Waals surface area (Å²) in [4.78, 5) is 0. The quantitative estimate of drug-likeness (QED) is 0.808. The lowest BCUT2D eigenvalue weighted by Gasteiger charge is -2.01. The standard InChI is InChI=1S/C9H6BrClN4/c1-5-12-14-9(15-13-5)7-4-6(11)2-3-8(7)10/h2-4H,1H3. The van der Waals surface area contributed by atoms with Crippen molar-refractivity contribution in [2.45, 2.75) is 6.92 Å². The molecule has 2 aromatic rings. The van der Waals surface area contributed by atoms with E-state index in [1.54, 1.807) is 19.1 Å². The second-order valence-corrected chi connectivity index (χ2v) is 4.19. The van der Waals surface area contributed by atoms with Crippen molar-refractivity contribution in [2.75, 3.05) is 0 Å². The van der Waals surface area contributed by atoms with Crippen molar-refractivity contribution in [1.29, 1.82) is 0 Å². The molecule has 0 radical (unpaired) electrons. The lowest BCUT2D eigenvalue weighted by molar-refractivity contribution is 0.815. The van der Waals surface area contributed by atoms with Crippen LogP contribution in [0.4, 0.5) is 0 Å². The van der Waals surface area contributed by atoms with Gasteiger partial charge in [-0.2, -0.15) is 0 Å². The Hall–Kier alpha value is -1.07. The Morgan fingerprint density at radius 3 is 2.47 bits per heavy atom. The highest BCUT2D eigenvalue weighted by atomic mass is 79.9. The summed E-state index contributed by atoms with van der Waals surface area (Å²) >= 11 is 9.27. The third-order valence-corrected chi connectivity index (χ3v) is 2.67. The van der Waals surface area contributed by atoms with Crippen LogP contribution >= 0.6 is 27.5 Å². The fourth-order valence-electron chi connectivity index (χ4n) is 1.06. The van der Waals surface area contributed by atoms with Gasteiger partial charge in [0.05, 0.1) is 0 Å². The Bertz CT molecular complexity index is 486. The molecule has 4 nitrogen and oxygen atoms in total. The average Bonchev–Trinajstić information content (AvgIpc) is 2.23. The van der Waals surface area contributed by atoms with Gasteiger partial charge < -0.3 is 0 Å². The van der Waals surface area contributed by atoms with E-state index in [1.165, 1.54) is 0 Å². The van der Waals surface area contributed by atoms with Gasteiger partial charge >= 0.3 is 0 Å². The van der Waals surface area contributed by atoms with Crippen LogP contribution in [0.3, 0.4) is 0 Å². The molecule has 0 spiro atoms. The average molecular weight is 286 g/mol. The lowest BCUT2D eigenvalue weighted by atomic mass is 10.2. The van der Waals surface area contributed by atoms with Crippen molar-refractivity contribution in [1.82, 2.24) is 20.4 Å². The molecule has 1 aromatic heterocycles. The minimum atomic E-state index is 0.454. The molecular formula is C9H6BrClN4. The van der Waals surface area contributed by atoms with Gasteiger partial charge in [0, 0.05) is 15.1 Å². The zero-order valence-electron chi connectivity index (χ0n) is 7.78. The van der Waals surface area contributed by atoms with Crippen LogP contribution in [0.5, 0.6) is 0 Å². The molecule has 0 bridgehead atoms. The van der Waals surface area contributed by atoms with Gasteiger partial charge in [-0.3, -0.25) is 0 Å². The van der Waals surface area contributed by atoms with E-state index >= 15 is 0 Å². The molecule has 0 N–H and O–H groups in total. The van der Waals surface area contributed by atoms with E-state index in [2.05, 4.69) is 36.3 Å². The molecule has 0 unspecified atom stereocenters. The number of rotatable bonds is 1. The first-order valence-corrected chi connectivity index (χ1v) is 5.33. The second-order valence-electron chi connectivity index (χ2n) is 2.89. The maximum Gasteiger partial charge on any atom is 0.204 e.